The summed E-state index contributed by atoms with van der Waals surface area (Å²) in [5.41, 5.74) is 0.222. The van der Waals surface area contributed by atoms with Gasteiger partial charge in [-0.15, -0.1) is 13.2 Å². The Morgan fingerprint density at radius 2 is 1.54 bits per heavy atom. The van der Waals surface area contributed by atoms with E-state index in [1.54, 1.807) is 0 Å². The molecule has 0 unspecified atom stereocenters. The molecular weight excluding hydrogens is 383 g/mol. The fourth-order valence-corrected chi connectivity index (χ4v) is 4.01. The Morgan fingerprint density at radius 3 is 2.07 bits per heavy atom. The molecule has 1 aromatic carbocycles. The number of halogens is 5. The molecule has 1 saturated heterocycles. The lowest BCUT2D eigenvalue weighted by Crippen LogP contribution is -2.37. The Labute approximate surface area is 161 Å². The summed E-state index contributed by atoms with van der Waals surface area (Å²) in [7, 11) is 0. The van der Waals surface area contributed by atoms with Gasteiger partial charge in [-0.05, 0) is 48.8 Å². The summed E-state index contributed by atoms with van der Waals surface area (Å²) in [4.78, 5) is 0. The van der Waals surface area contributed by atoms with Crippen LogP contribution in [0.5, 0.6) is 5.75 Å². The first-order valence-corrected chi connectivity index (χ1v) is 9.68. The second kappa shape index (κ2) is 8.95. The zero-order valence-corrected chi connectivity index (χ0v) is 15.7. The zero-order valence-electron chi connectivity index (χ0n) is 15.7. The molecule has 0 N–H and O–H groups in total. The lowest BCUT2D eigenvalue weighted by molar-refractivity contribution is -0.276. The van der Waals surface area contributed by atoms with Gasteiger partial charge in [-0.2, -0.15) is 0 Å². The number of aryl methyl sites for hydroxylation is 1. The summed E-state index contributed by atoms with van der Waals surface area (Å²) >= 11 is 0. The van der Waals surface area contributed by atoms with Gasteiger partial charge in [0.25, 0.3) is 0 Å². The van der Waals surface area contributed by atoms with Crippen LogP contribution < -0.4 is 4.74 Å². The van der Waals surface area contributed by atoms with E-state index < -0.39 is 30.0 Å². The number of benzene rings is 1. The number of alkyl halides is 3. The molecule has 1 saturated carbocycles. The van der Waals surface area contributed by atoms with Crippen molar-refractivity contribution >= 4 is 0 Å². The number of ether oxygens (including phenoxy) is 3. The van der Waals surface area contributed by atoms with E-state index in [4.69, 9.17) is 9.47 Å². The van der Waals surface area contributed by atoms with Crippen molar-refractivity contribution in [2.75, 3.05) is 13.2 Å². The molecule has 3 nitrogen and oxygen atoms in total. The molecule has 0 spiro atoms. The Hall–Kier alpha value is -1.41. The minimum absolute atomic E-state index is 0.219. The SMILES string of the molecule is CC1CCC(C2COC(CCc3cc(F)c(OC(F)(F)F)c(F)c3)OC2)CC1. The second-order valence-electron chi connectivity index (χ2n) is 7.85. The monoisotopic (exact) mass is 408 g/mol. The predicted octanol–water partition coefficient (Wildman–Crippen LogP) is 5.61. The van der Waals surface area contributed by atoms with Crippen molar-refractivity contribution in [3.63, 3.8) is 0 Å². The molecule has 1 aliphatic carbocycles. The van der Waals surface area contributed by atoms with Crippen molar-refractivity contribution < 1.29 is 36.2 Å². The van der Waals surface area contributed by atoms with Crippen LogP contribution in [0, 0.1) is 29.4 Å². The molecule has 158 valence electrons. The Bertz CT molecular complexity index is 625. The first kappa shape index (κ1) is 21.3. The normalized spacial score (nSPS) is 28.9. The highest BCUT2D eigenvalue weighted by Gasteiger charge is 2.34. The molecule has 1 aliphatic heterocycles. The maximum absolute atomic E-state index is 13.8. The summed E-state index contributed by atoms with van der Waals surface area (Å²) < 4.78 is 79.0. The maximum Gasteiger partial charge on any atom is 0.573 e. The van der Waals surface area contributed by atoms with Crippen molar-refractivity contribution in [3.8, 4) is 5.75 Å². The number of hydrogen-bond acceptors (Lipinski definition) is 3. The van der Waals surface area contributed by atoms with Crippen LogP contribution >= 0.6 is 0 Å². The highest BCUT2D eigenvalue weighted by molar-refractivity contribution is 5.31. The number of rotatable bonds is 5. The third kappa shape index (κ3) is 5.80. The van der Waals surface area contributed by atoms with E-state index in [2.05, 4.69) is 11.7 Å². The minimum Gasteiger partial charge on any atom is -0.399 e. The number of hydrogen-bond donors (Lipinski definition) is 0. The summed E-state index contributed by atoms with van der Waals surface area (Å²) in [6.07, 6.45) is -0.201. The van der Waals surface area contributed by atoms with Crippen LogP contribution in [0.15, 0.2) is 12.1 Å². The topological polar surface area (TPSA) is 27.7 Å². The molecule has 8 heteroatoms. The van der Waals surface area contributed by atoms with E-state index >= 15 is 0 Å². The van der Waals surface area contributed by atoms with E-state index in [0.29, 0.717) is 31.5 Å². The molecule has 2 fully saturated rings. The minimum atomic E-state index is -5.15. The van der Waals surface area contributed by atoms with Crippen LogP contribution in [0.4, 0.5) is 22.0 Å². The summed E-state index contributed by atoms with van der Waals surface area (Å²) in [5.74, 6) is -2.44. The quantitative estimate of drug-likeness (QED) is 0.593. The fraction of sp³-hybridized carbons (Fsp3) is 0.700. The smallest absolute Gasteiger partial charge is 0.399 e. The van der Waals surface area contributed by atoms with Crippen LogP contribution in [0.2, 0.25) is 0 Å². The van der Waals surface area contributed by atoms with Gasteiger partial charge in [0, 0.05) is 12.3 Å². The van der Waals surface area contributed by atoms with Gasteiger partial charge in [0.05, 0.1) is 13.2 Å². The van der Waals surface area contributed by atoms with Gasteiger partial charge >= 0.3 is 6.36 Å². The Kier molecular flexibility index (Phi) is 6.81. The molecule has 2 aliphatic rings. The van der Waals surface area contributed by atoms with E-state index in [0.717, 1.165) is 18.1 Å². The van der Waals surface area contributed by atoms with E-state index in [9.17, 15) is 22.0 Å². The Balaban J connectivity index is 1.47. The van der Waals surface area contributed by atoms with Crippen LogP contribution in [0.3, 0.4) is 0 Å². The van der Waals surface area contributed by atoms with E-state index in [1.807, 2.05) is 0 Å². The molecule has 0 bridgehead atoms. The van der Waals surface area contributed by atoms with Gasteiger partial charge in [-0.1, -0.05) is 19.8 Å². The summed E-state index contributed by atoms with van der Waals surface area (Å²) in [6, 6.07) is 1.69. The third-order valence-corrected chi connectivity index (χ3v) is 5.66. The van der Waals surface area contributed by atoms with Crippen molar-refractivity contribution in [2.45, 2.75) is 58.1 Å². The largest absolute Gasteiger partial charge is 0.573 e. The maximum atomic E-state index is 13.8. The van der Waals surface area contributed by atoms with Crippen LogP contribution in [-0.4, -0.2) is 25.9 Å². The highest BCUT2D eigenvalue weighted by Crippen LogP contribution is 2.35. The fourth-order valence-electron chi connectivity index (χ4n) is 4.01. The van der Waals surface area contributed by atoms with Crippen molar-refractivity contribution in [1.29, 1.82) is 0 Å². The molecular formula is C20H25F5O3. The molecule has 0 amide bonds. The summed E-state index contributed by atoms with van der Waals surface area (Å²) in [6.45, 7) is 3.48. The van der Waals surface area contributed by atoms with Crippen LogP contribution in [0.1, 0.15) is 44.6 Å². The van der Waals surface area contributed by atoms with E-state index in [1.165, 1.54) is 25.7 Å². The first-order chi connectivity index (χ1) is 13.2. The highest BCUT2D eigenvalue weighted by atomic mass is 19.4. The zero-order chi connectivity index (χ0) is 20.3. The third-order valence-electron chi connectivity index (χ3n) is 5.66. The van der Waals surface area contributed by atoms with Gasteiger partial charge in [0.15, 0.2) is 17.9 Å². The molecule has 28 heavy (non-hydrogen) atoms. The first-order valence-electron chi connectivity index (χ1n) is 9.68. The van der Waals surface area contributed by atoms with Crippen LogP contribution in [-0.2, 0) is 15.9 Å². The average molecular weight is 408 g/mol. The molecule has 1 aromatic rings. The second-order valence-corrected chi connectivity index (χ2v) is 7.85. The molecule has 1 heterocycles. The van der Waals surface area contributed by atoms with Crippen LogP contribution in [0.25, 0.3) is 0 Å². The van der Waals surface area contributed by atoms with Gasteiger partial charge in [0.1, 0.15) is 0 Å². The van der Waals surface area contributed by atoms with Gasteiger partial charge < -0.3 is 14.2 Å². The lowest BCUT2D eigenvalue weighted by Gasteiger charge is -2.37. The van der Waals surface area contributed by atoms with E-state index in [-0.39, 0.29) is 12.0 Å². The molecule has 0 aromatic heterocycles. The standard InChI is InChI=1S/C20H25F5O3/c1-12-2-5-14(6-3-12)15-10-26-18(27-11-15)7-4-13-8-16(21)19(17(22)9-13)28-20(23,24)25/h8-9,12,14-15,18H,2-7,10-11H2,1H3. The summed E-state index contributed by atoms with van der Waals surface area (Å²) in [5, 5.41) is 0. The van der Waals surface area contributed by atoms with Crippen molar-refractivity contribution in [3.05, 3.63) is 29.3 Å². The van der Waals surface area contributed by atoms with Gasteiger partial charge in [-0.25, -0.2) is 8.78 Å². The molecule has 0 radical (unpaired) electrons. The van der Waals surface area contributed by atoms with Crippen molar-refractivity contribution in [1.82, 2.24) is 0 Å². The predicted molar refractivity (Wildman–Crippen MR) is 91.7 cm³/mol. The molecule has 3 rings (SSSR count). The Morgan fingerprint density at radius 1 is 0.964 bits per heavy atom. The van der Waals surface area contributed by atoms with Crippen molar-refractivity contribution in [2.24, 2.45) is 17.8 Å². The van der Waals surface area contributed by atoms with Gasteiger partial charge in [-0.3, -0.25) is 0 Å². The molecule has 0 atom stereocenters. The lowest BCUT2D eigenvalue weighted by atomic mass is 9.76. The average Bonchev–Trinajstić information content (AvgIpc) is 2.63. The van der Waals surface area contributed by atoms with Gasteiger partial charge in [0.2, 0.25) is 5.75 Å².